The molecule has 0 N–H and O–H groups in total. The second kappa shape index (κ2) is 11.7. The Kier molecular flexibility index (Phi) is 7.97. The summed E-state index contributed by atoms with van der Waals surface area (Å²) in [6.45, 7) is 5.69. The third kappa shape index (κ3) is 5.96. The number of carbonyl (C=O) groups excluding carboxylic acids is 1. The van der Waals surface area contributed by atoms with E-state index in [1.807, 2.05) is 31.2 Å². The summed E-state index contributed by atoms with van der Waals surface area (Å²) in [5.41, 5.74) is 3.12. The van der Waals surface area contributed by atoms with Gasteiger partial charge in [-0.3, -0.25) is 14.7 Å². The molecule has 36 heavy (non-hydrogen) atoms. The van der Waals surface area contributed by atoms with Gasteiger partial charge in [0.05, 0.1) is 6.61 Å². The molecule has 1 saturated carbocycles. The number of para-hydroxylation sites is 1. The Morgan fingerprint density at radius 2 is 1.69 bits per heavy atom. The molecule has 5 rings (SSSR count). The van der Waals surface area contributed by atoms with Crippen molar-refractivity contribution in [2.75, 3.05) is 19.7 Å². The zero-order valence-electron chi connectivity index (χ0n) is 21.3. The van der Waals surface area contributed by atoms with E-state index in [-0.39, 0.29) is 11.9 Å². The first-order valence-electron chi connectivity index (χ1n) is 13.4. The van der Waals surface area contributed by atoms with E-state index >= 15 is 0 Å². The molecule has 5 heteroatoms. The molecule has 2 aromatic carbocycles. The highest BCUT2D eigenvalue weighted by atomic mass is 16.5. The number of carbonyl (C=O) groups is 1. The van der Waals surface area contributed by atoms with E-state index in [1.54, 1.807) is 6.20 Å². The van der Waals surface area contributed by atoms with Crippen molar-refractivity contribution in [3.63, 3.8) is 0 Å². The number of nitrogens with zero attached hydrogens (tertiary/aromatic N) is 3. The van der Waals surface area contributed by atoms with Crippen LogP contribution in [0.5, 0.6) is 5.75 Å². The van der Waals surface area contributed by atoms with Gasteiger partial charge in [-0.1, -0.05) is 54.6 Å². The molecular formula is C31H37N3O2. The molecule has 1 unspecified atom stereocenters. The van der Waals surface area contributed by atoms with E-state index in [9.17, 15) is 4.79 Å². The summed E-state index contributed by atoms with van der Waals surface area (Å²) < 4.78 is 5.86. The standard InChI is InChI=1S/C31H37N3O2/c1-2-36-30-14-7-6-12-26(30)23-33-20-17-25(18-21-33)29(22-24-10-4-3-5-11-24)34(27-15-16-27)31(35)28-13-8-9-19-32-28/h3-14,19,25,27,29H,2,15-18,20-23H2,1H3. The van der Waals surface area contributed by atoms with Gasteiger partial charge in [0.1, 0.15) is 11.4 Å². The number of benzene rings is 2. The largest absolute Gasteiger partial charge is 0.494 e. The highest BCUT2D eigenvalue weighted by Gasteiger charge is 2.42. The number of hydrogen-bond acceptors (Lipinski definition) is 4. The Balaban J connectivity index is 1.33. The molecule has 188 valence electrons. The fourth-order valence-electron chi connectivity index (χ4n) is 5.58. The van der Waals surface area contributed by atoms with Crippen molar-refractivity contribution in [2.45, 2.75) is 57.7 Å². The summed E-state index contributed by atoms with van der Waals surface area (Å²) in [5, 5.41) is 0. The second-order valence-corrected chi connectivity index (χ2v) is 10.1. The van der Waals surface area contributed by atoms with Crippen LogP contribution >= 0.6 is 0 Å². The van der Waals surface area contributed by atoms with Gasteiger partial charge in [-0.05, 0) is 81.8 Å². The first-order valence-corrected chi connectivity index (χ1v) is 13.4. The zero-order chi connectivity index (χ0) is 24.7. The topological polar surface area (TPSA) is 45.7 Å². The molecule has 1 saturated heterocycles. The van der Waals surface area contributed by atoms with Gasteiger partial charge in [0, 0.05) is 30.4 Å². The third-order valence-corrected chi connectivity index (χ3v) is 7.55. The first-order chi connectivity index (χ1) is 17.7. The van der Waals surface area contributed by atoms with E-state index in [0.29, 0.717) is 24.3 Å². The summed E-state index contributed by atoms with van der Waals surface area (Å²) in [5.74, 6) is 1.55. The minimum Gasteiger partial charge on any atom is -0.494 e. The summed E-state index contributed by atoms with van der Waals surface area (Å²) in [7, 11) is 0. The molecule has 3 aromatic rings. The van der Waals surface area contributed by atoms with Gasteiger partial charge in [0.2, 0.25) is 0 Å². The number of piperidine rings is 1. The minimum atomic E-state index is 0.0899. The monoisotopic (exact) mass is 483 g/mol. The van der Waals surface area contributed by atoms with E-state index in [2.05, 4.69) is 63.3 Å². The van der Waals surface area contributed by atoms with Crippen LogP contribution in [0.15, 0.2) is 79.0 Å². The Hall–Kier alpha value is -3.18. The molecule has 1 amide bonds. The van der Waals surface area contributed by atoms with E-state index in [4.69, 9.17) is 4.74 Å². The van der Waals surface area contributed by atoms with Gasteiger partial charge in [-0.15, -0.1) is 0 Å². The fraction of sp³-hybridized carbons (Fsp3) is 0.419. The summed E-state index contributed by atoms with van der Waals surface area (Å²) in [6.07, 6.45) is 6.99. The Morgan fingerprint density at radius 3 is 2.39 bits per heavy atom. The Labute approximate surface area is 215 Å². The van der Waals surface area contributed by atoms with E-state index in [1.165, 1.54) is 11.1 Å². The van der Waals surface area contributed by atoms with Gasteiger partial charge in [0.15, 0.2) is 0 Å². The summed E-state index contributed by atoms with van der Waals surface area (Å²) in [6, 6.07) is 25.2. The molecule has 1 aliphatic heterocycles. The number of aromatic nitrogens is 1. The van der Waals surface area contributed by atoms with Crippen LogP contribution in [0.25, 0.3) is 0 Å². The van der Waals surface area contributed by atoms with E-state index in [0.717, 1.165) is 57.5 Å². The van der Waals surface area contributed by atoms with Crippen LogP contribution in [0.3, 0.4) is 0 Å². The fourth-order valence-corrected chi connectivity index (χ4v) is 5.58. The highest BCUT2D eigenvalue weighted by molar-refractivity contribution is 5.93. The maximum atomic E-state index is 13.7. The average molecular weight is 484 g/mol. The van der Waals surface area contributed by atoms with Crippen molar-refractivity contribution in [2.24, 2.45) is 5.92 Å². The van der Waals surface area contributed by atoms with Crippen molar-refractivity contribution in [3.8, 4) is 5.75 Å². The summed E-state index contributed by atoms with van der Waals surface area (Å²) >= 11 is 0. The number of amides is 1. The van der Waals surface area contributed by atoms with Gasteiger partial charge in [-0.25, -0.2) is 0 Å². The molecule has 0 radical (unpaired) electrons. The van der Waals surface area contributed by atoms with Crippen LogP contribution in [0.2, 0.25) is 0 Å². The van der Waals surface area contributed by atoms with Crippen LogP contribution in [-0.2, 0) is 13.0 Å². The highest BCUT2D eigenvalue weighted by Crippen LogP contribution is 2.36. The Bertz CT molecular complexity index is 1110. The average Bonchev–Trinajstić information content (AvgIpc) is 3.76. The normalized spacial score (nSPS) is 17.5. The molecule has 0 bridgehead atoms. The van der Waals surface area contributed by atoms with Gasteiger partial charge in [-0.2, -0.15) is 0 Å². The molecule has 2 aliphatic rings. The number of pyridine rings is 1. The quantitative estimate of drug-likeness (QED) is 0.376. The van der Waals surface area contributed by atoms with Crippen molar-refractivity contribution in [1.82, 2.24) is 14.8 Å². The van der Waals surface area contributed by atoms with Gasteiger partial charge < -0.3 is 9.64 Å². The molecule has 1 atom stereocenters. The lowest BCUT2D eigenvalue weighted by atomic mass is 9.84. The molecular weight excluding hydrogens is 446 g/mol. The minimum absolute atomic E-state index is 0.0899. The van der Waals surface area contributed by atoms with Crippen LogP contribution in [0.4, 0.5) is 0 Å². The Morgan fingerprint density at radius 1 is 0.972 bits per heavy atom. The van der Waals surface area contributed by atoms with Crippen LogP contribution < -0.4 is 4.74 Å². The van der Waals surface area contributed by atoms with Crippen LogP contribution in [0.1, 0.15) is 54.2 Å². The number of ether oxygens (including phenoxy) is 1. The molecule has 5 nitrogen and oxygen atoms in total. The SMILES string of the molecule is CCOc1ccccc1CN1CCC(C(Cc2ccccc2)N(C(=O)c2ccccn2)C2CC2)CC1. The lowest BCUT2D eigenvalue weighted by Crippen LogP contribution is -2.50. The molecule has 2 heterocycles. The van der Waals surface area contributed by atoms with Gasteiger partial charge in [0.25, 0.3) is 5.91 Å². The second-order valence-electron chi connectivity index (χ2n) is 10.1. The zero-order valence-corrected chi connectivity index (χ0v) is 21.3. The van der Waals surface area contributed by atoms with Crippen molar-refractivity contribution < 1.29 is 9.53 Å². The predicted octanol–water partition coefficient (Wildman–Crippen LogP) is 5.61. The van der Waals surface area contributed by atoms with Crippen LogP contribution in [0, 0.1) is 5.92 Å². The molecule has 1 aliphatic carbocycles. The van der Waals surface area contributed by atoms with Crippen molar-refractivity contribution in [1.29, 1.82) is 0 Å². The summed E-state index contributed by atoms with van der Waals surface area (Å²) in [4.78, 5) is 22.9. The van der Waals surface area contributed by atoms with Crippen molar-refractivity contribution in [3.05, 3.63) is 95.8 Å². The lowest BCUT2D eigenvalue weighted by Gasteiger charge is -2.42. The van der Waals surface area contributed by atoms with E-state index < -0.39 is 0 Å². The molecule has 1 aromatic heterocycles. The lowest BCUT2D eigenvalue weighted by molar-refractivity contribution is 0.0476. The number of hydrogen-bond donors (Lipinski definition) is 0. The maximum absolute atomic E-state index is 13.7. The van der Waals surface area contributed by atoms with Crippen molar-refractivity contribution >= 4 is 5.91 Å². The molecule has 2 fully saturated rings. The maximum Gasteiger partial charge on any atom is 0.272 e. The molecule has 0 spiro atoms. The third-order valence-electron chi connectivity index (χ3n) is 7.55. The van der Waals surface area contributed by atoms with Gasteiger partial charge >= 0.3 is 0 Å². The first kappa shape index (κ1) is 24.5. The number of likely N-dealkylation sites (tertiary alicyclic amines) is 1. The smallest absolute Gasteiger partial charge is 0.272 e. The number of rotatable bonds is 10. The predicted molar refractivity (Wildman–Crippen MR) is 143 cm³/mol. The van der Waals surface area contributed by atoms with Crippen LogP contribution in [-0.4, -0.2) is 52.5 Å².